The first-order chi connectivity index (χ1) is 9.74. The Morgan fingerprint density at radius 1 is 0.950 bits per heavy atom. The molecule has 0 aromatic heterocycles. The summed E-state index contributed by atoms with van der Waals surface area (Å²) in [5.41, 5.74) is 0.784. The fourth-order valence-corrected chi connectivity index (χ4v) is 1.71. The van der Waals surface area contributed by atoms with Crippen molar-refractivity contribution in [1.29, 1.82) is 0 Å². The molecule has 1 rings (SSSR count). The van der Waals surface area contributed by atoms with Gasteiger partial charge in [0, 0.05) is 13.2 Å². The molecule has 0 saturated heterocycles. The van der Waals surface area contributed by atoms with E-state index in [4.69, 9.17) is 24.1 Å². The van der Waals surface area contributed by atoms with Gasteiger partial charge in [0.25, 0.3) is 0 Å². The predicted molar refractivity (Wildman–Crippen MR) is 76.1 cm³/mol. The summed E-state index contributed by atoms with van der Waals surface area (Å²) in [6.45, 7) is 7.65. The van der Waals surface area contributed by atoms with Crippen molar-refractivity contribution in [2.45, 2.75) is 33.7 Å². The van der Waals surface area contributed by atoms with Gasteiger partial charge in [-0.05, 0) is 38.5 Å². The van der Waals surface area contributed by atoms with Crippen LogP contribution in [0.1, 0.15) is 26.3 Å². The number of rotatable bonds is 10. The average molecular weight is 284 g/mol. The van der Waals surface area contributed by atoms with Crippen molar-refractivity contribution < 1.29 is 24.1 Å². The molecular formula is C15H24O5. The van der Waals surface area contributed by atoms with Gasteiger partial charge in [0.05, 0.1) is 13.2 Å². The highest BCUT2D eigenvalue weighted by Crippen LogP contribution is 2.28. The van der Waals surface area contributed by atoms with Gasteiger partial charge in [-0.15, -0.1) is 0 Å². The van der Waals surface area contributed by atoms with Crippen molar-refractivity contribution in [1.82, 2.24) is 0 Å². The maximum Gasteiger partial charge on any atom is 0.191 e. The van der Waals surface area contributed by atoms with E-state index >= 15 is 0 Å². The number of ether oxygens (including phenoxy) is 4. The van der Waals surface area contributed by atoms with Crippen molar-refractivity contribution in [3.8, 4) is 11.5 Å². The zero-order valence-electron chi connectivity index (χ0n) is 12.4. The van der Waals surface area contributed by atoms with Gasteiger partial charge in [-0.1, -0.05) is 6.07 Å². The Hall–Kier alpha value is -1.30. The number of aliphatic hydroxyl groups excluding tert-OH is 1. The molecule has 0 unspecified atom stereocenters. The summed E-state index contributed by atoms with van der Waals surface area (Å²) < 4.78 is 22.1. The Bertz CT molecular complexity index is 375. The lowest BCUT2D eigenvalue weighted by atomic mass is 10.2. The summed E-state index contributed by atoms with van der Waals surface area (Å²) >= 11 is 0. The van der Waals surface area contributed by atoms with Gasteiger partial charge in [-0.2, -0.15) is 0 Å². The minimum Gasteiger partial charge on any atom is -0.490 e. The van der Waals surface area contributed by atoms with Gasteiger partial charge in [0.1, 0.15) is 6.61 Å². The third kappa shape index (κ3) is 5.36. The van der Waals surface area contributed by atoms with E-state index in [2.05, 4.69) is 0 Å². The molecular weight excluding hydrogens is 260 g/mol. The average Bonchev–Trinajstić information content (AvgIpc) is 2.46. The first-order valence-electron chi connectivity index (χ1n) is 6.97. The number of hydrogen-bond donors (Lipinski definition) is 1. The highest BCUT2D eigenvalue weighted by molar-refractivity contribution is 5.42. The van der Waals surface area contributed by atoms with Gasteiger partial charge in [0.2, 0.25) is 0 Å². The monoisotopic (exact) mass is 284 g/mol. The fraction of sp³-hybridized carbons (Fsp3) is 0.600. The van der Waals surface area contributed by atoms with Crippen LogP contribution < -0.4 is 9.47 Å². The minimum absolute atomic E-state index is 0.0269. The van der Waals surface area contributed by atoms with Crippen LogP contribution in [-0.4, -0.2) is 37.8 Å². The molecule has 114 valence electrons. The summed E-state index contributed by atoms with van der Waals surface area (Å²) in [5.74, 6) is 1.24. The van der Waals surface area contributed by atoms with Crippen LogP contribution in [0.25, 0.3) is 0 Å². The maximum absolute atomic E-state index is 9.14. The zero-order chi connectivity index (χ0) is 14.8. The van der Waals surface area contributed by atoms with E-state index in [0.29, 0.717) is 37.9 Å². The van der Waals surface area contributed by atoms with Crippen molar-refractivity contribution in [3.63, 3.8) is 0 Å². The smallest absolute Gasteiger partial charge is 0.191 e. The Morgan fingerprint density at radius 2 is 1.65 bits per heavy atom. The Morgan fingerprint density at radius 3 is 2.20 bits per heavy atom. The molecule has 1 aromatic rings. The summed E-state index contributed by atoms with van der Waals surface area (Å²) in [5, 5.41) is 9.14. The van der Waals surface area contributed by atoms with Gasteiger partial charge in [-0.25, -0.2) is 0 Å². The molecule has 0 spiro atoms. The molecule has 0 aliphatic heterocycles. The third-order valence-electron chi connectivity index (χ3n) is 2.57. The lowest BCUT2D eigenvalue weighted by Gasteiger charge is -2.19. The van der Waals surface area contributed by atoms with E-state index in [1.54, 1.807) is 18.2 Å². The maximum atomic E-state index is 9.14. The van der Waals surface area contributed by atoms with Crippen molar-refractivity contribution >= 4 is 0 Å². The molecule has 0 amide bonds. The van der Waals surface area contributed by atoms with Crippen LogP contribution in [0.3, 0.4) is 0 Å². The zero-order valence-corrected chi connectivity index (χ0v) is 12.4. The lowest BCUT2D eigenvalue weighted by Crippen LogP contribution is -2.25. The summed E-state index contributed by atoms with van der Waals surface area (Å²) in [7, 11) is 0. The molecule has 0 heterocycles. The minimum atomic E-state index is -0.392. The third-order valence-corrected chi connectivity index (χ3v) is 2.57. The largest absolute Gasteiger partial charge is 0.490 e. The van der Waals surface area contributed by atoms with Gasteiger partial charge >= 0.3 is 0 Å². The van der Waals surface area contributed by atoms with Crippen LogP contribution >= 0.6 is 0 Å². The highest BCUT2D eigenvalue weighted by Gasteiger charge is 2.12. The molecule has 5 nitrogen and oxygen atoms in total. The number of benzene rings is 1. The normalized spacial score (nSPS) is 10.8. The van der Waals surface area contributed by atoms with Crippen LogP contribution in [0.4, 0.5) is 0 Å². The van der Waals surface area contributed by atoms with Crippen LogP contribution in [0.5, 0.6) is 11.5 Å². The van der Waals surface area contributed by atoms with Gasteiger partial charge < -0.3 is 24.1 Å². The predicted octanol–water partition coefficient (Wildman–Crippen LogP) is 2.36. The first-order valence-corrected chi connectivity index (χ1v) is 6.97. The van der Waals surface area contributed by atoms with Crippen molar-refractivity contribution in [3.05, 3.63) is 23.8 Å². The topological polar surface area (TPSA) is 57.2 Å². The van der Waals surface area contributed by atoms with E-state index < -0.39 is 6.29 Å². The summed E-state index contributed by atoms with van der Waals surface area (Å²) in [6.07, 6.45) is -0.392. The Balaban J connectivity index is 2.69. The Labute approximate surface area is 120 Å². The molecule has 0 saturated carbocycles. The highest BCUT2D eigenvalue weighted by atomic mass is 16.7. The molecule has 0 atom stereocenters. The van der Waals surface area contributed by atoms with Crippen LogP contribution in [0.2, 0.25) is 0 Å². The molecule has 20 heavy (non-hydrogen) atoms. The second kappa shape index (κ2) is 9.58. The van der Waals surface area contributed by atoms with Crippen LogP contribution in [0, 0.1) is 0 Å². The fourth-order valence-electron chi connectivity index (χ4n) is 1.71. The number of hydrogen-bond acceptors (Lipinski definition) is 5. The van der Waals surface area contributed by atoms with Crippen molar-refractivity contribution in [2.75, 3.05) is 26.4 Å². The van der Waals surface area contributed by atoms with E-state index in [1.807, 2.05) is 20.8 Å². The van der Waals surface area contributed by atoms with Crippen LogP contribution in [0.15, 0.2) is 18.2 Å². The quantitative estimate of drug-likeness (QED) is 0.668. The van der Waals surface area contributed by atoms with E-state index in [0.717, 1.165) is 5.56 Å². The summed E-state index contributed by atoms with van der Waals surface area (Å²) in [6, 6.07) is 5.36. The second-order valence-electron chi connectivity index (χ2n) is 4.02. The molecule has 0 fully saturated rings. The van der Waals surface area contributed by atoms with E-state index in [-0.39, 0.29) is 6.61 Å². The molecule has 1 N–H and O–H groups in total. The Kier molecular flexibility index (Phi) is 8.02. The molecule has 0 radical (unpaired) electrons. The summed E-state index contributed by atoms with van der Waals surface area (Å²) in [4.78, 5) is 0. The molecule has 0 aliphatic carbocycles. The standard InChI is InChI=1S/C15H24O5/c1-4-17-14-9-12(10-16)7-8-13(14)20-11-15(18-5-2)19-6-3/h7-9,15-16H,4-6,10-11H2,1-3H3. The van der Waals surface area contributed by atoms with E-state index in [9.17, 15) is 0 Å². The molecule has 0 aliphatic rings. The van der Waals surface area contributed by atoms with Crippen molar-refractivity contribution in [2.24, 2.45) is 0 Å². The first kappa shape index (κ1) is 16.8. The number of aliphatic hydroxyl groups is 1. The molecule has 1 aromatic carbocycles. The lowest BCUT2D eigenvalue weighted by molar-refractivity contribution is -0.152. The molecule has 5 heteroatoms. The second-order valence-corrected chi connectivity index (χ2v) is 4.02. The van der Waals surface area contributed by atoms with Gasteiger partial charge in [-0.3, -0.25) is 0 Å². The molecule has 0 bridgehead atoms. The van der Waals surface area contributed by atoms with Gasteiger partial charge in [0.15, 0.2) is 17.8 Å². The SMILES string of the molecule is CCOc1cc(CO)ccc1OCC(OCC)OCC. The van der Waals surface area contributed by atoms with E-state index in [1.165, 1.54) is 0 Å². The van der Waals surface area contributed by atoms with Crippen LogP contribution in [-0.2, 0) is 16.1 Å².